The number of rotatable bonds is 0. The Kier molecular flexibility index (Phi) is 1.72. The van der Waals surface area contributed by atoms with Gasteiger partial charge in [-0.3, -0.25) is 0 Å². The molecule has 0 saturated carbocycles. The van der Waals surface area contributed by atoms with E-state index in [0.29, 0.717) is 0 Å². The normalized spacial score (nSPS) is 34.2. The van der Waals surface area contributed by atoms with Gasteiger partial charge in [-0.2, -0.15) is 0 Å². The fourth-order valence-electron chi connectivity index (χ4n) is 3.11. The Balaban J connectivity index is 2.23. The Hall–Kier alpha value is -0.823. The van der Waals surface area contributed by atoms with Crippen molar-refractivity contribution in [2.75, 3.05) is 0 Å². The van der Waals surface area contributed by atoms with E-state index in [-0.39, 0.29) is 0 Å². The van der Waals surface area contributed by atoms with E-state index in [0.717, 1.165) is 0 Å². The summed E-state index contributed by atoms with van der Waals surface area (Å²) in [6, 6.07) is 0. The van der Waals surface area contributed by atoms with Crippen molar-refractivity contribution in [2.24, 2.45) is 0 Å². The third kappa shape index (κ3) is 0.935. The molecule has 3 rings (SSSR count). The lowest BCUT2D eigenvalue weighted by atomic mass is 10.2. The highest BCUT2D eigenvalue weighted by molar-refractivity contribution is 6.98. The molecule has 3 heterocycles. The first-order valence-corrected chi connectivity index (χ1v) is 8.08. The molecule has 1 unspecified atom stereocenters. The van der Waals surface area contributed by atoms with Crippen LogP contribution >= 0.6 is 0 Å². The summed E-state index contributed by atoms with van der Waals surface area (Å²) in [7, 11) is -1.30. The van der Waals surface area contributed by atoms with Crippen molar-refractivity contribution in [3.8, 4) is 0 Å². The summed E-state index contributed by atoms with van der Waals surface area (Å²) in [5, 5.41) is 5.24. The summed E-state index contributed by atoms with van der Waals surface area (Å²) < 4.78 is 0. The summed E-state index contributed by atoms with van der Waals surface area (Å²) in [5.74, 6) is 0. The van der Waals surface area contributed by atoms with Gasteiger partial charge in [0.15, 0.2) is 0 Å². The summed E-state index contributed by atoms with van der Waals surface area (Å²) >= 11 is 0. The van der Waals surface area contributed by atoms with Crippen molar-refractivity contribution in [3.63, 3.8) is 0 Å². The van der Waals surface area contributed by atoms with Gasteiger partial charge in [-0.15, -0.1) is 0 Å². The minimum absolute atomic E-state index is 1.17. The number of hydrogen-bond acceptors (Lipinski definition) is 0. The molecule has 1 heteroatoms. The fraction of sp³-hybridized carbons (Fsp3) is 0.385. The van der Waals surface area contributed by atoms with E-state index in [2.05, 4.69) is 36.9 Å². The highest BCUT2D eigenvalue weighted by Gasteiger charge is 2.41. The zero-order valence-corrected chi connectivity index (χ0v) is 9.72. The van der Waals surface area contributed by atoms with Gasteiger partial charge in [-0.05, 0) is 25.7 Å². The van der Waals surface area contributed by atoms with Crippen LogP contribution in [0.2, 0.25) is 6.55 Å². The van der Waals surface area contributed by atoms with Crippen LogP contribution in [0.25, 0.3) is 0 Å². The lowest BCUT2D eigenvalue weighted by molar-refractivity contribution is 0.963. The summed E-state index contributed by atoms with van der Waals surface area (Å²) in [4.78, 5) is 0. The van der Waals surface area contributed by atoms with Gasteiger partial charge in [-0.1, -0.05) is 52.5 Å². The SMILES string of the molecule is C[Si]12C3=CCC=C1CCC=C2CC=C3. The molecule has 0 bridgehead atoms. The summed E-state index contributed by atoms with van der Waals surface area (Å²) in [6.07, 6.45) is 17.2. The molecule has 0 radical (unpaired) electrons. The van der Waals surface area contributed by atoms with Gasteiger partial charge in [0.2, 0.25) is 0 Å². The van der Waals surface area contributed by atoms with E-state index < -0.39 is 8.07 Å². The topological polar surface area (TPSA) is 0 Å². The molecular formula is C13H16Si. The van der Waals surface area contributed by atoms with Gasteiger partial charge in [0.05, 0.1) is 0 Å². The van der Waals surface area contributed by atoms with Crippen LogP contribution in [-0.4, -0.2) is 8.07 Å². The molecule has 0 nitrogen and oxygen atoms in total. The van der Waals surface area contributed by atoms with Crippen molar-refractivity contribution >= 4 is 8.07 Å². The molecule has 0 spiro atoms. The van der Waals surface area contributed by atoms with Gasteiger partial charge in [0, 0.05) is 0 Å². The Morgan fingerprint density at radius 3 is 3.00 bits per heavy atom. The molecule has 0 saturated heterocycles. The molecule has 0 aromatic rings. The van der Waals surface area contributed by atoms with Crippen molar-refractivity contribution in [1.82, 2.24) is 0 Å². The molecule has 0 aromatic heterocycles. The van der Waals surface area contributed by atoms with Crippen molar-refractivity contribution in [1.29, 1.82) is 0 Å². The van der Waals surface area contributed by atoms with Gasteiger partial charge >= 0.3 is 0 Å². The first-order chi connectivity index (χ1) is 6.82. The Morgan fingerprint density at radius 2 is 2.07 bits per heavy atom. The van der Waals surface area contributed by atoms with E-state index in [1.807, 2.05) is 0 Å². The van der Waals surface area contributed by atoms with E-state index in [9.17, 15) is 0 Å². The maximum Gasteiger partial charge on any atom is 0.136 e. The highest BCUT2D eigenvalue weighted by Crippen LogP contribution is 2.44. The second kappa shape index (κ2) is 2.83. The average Bonchev–Trinajstić information content (AvgIpc) is 2.18. The van der Waals surface area contributed by atoms with E-state index in [4.69, 9.17) is 0 Å². The van der Waals surface area contributed by atoms with Crippen LogP contribution in [0.4, 0.5) is 0 Å². The van der Waals surface area contributed by atoms with Crippen LogP contribution in [0.1, 0.15) is 25.7 Å². The van der Waals surface area contributed by atoms with Crippen LogP contribution in [0.5, 0.6) is 0 Å². The number of hydrogen-bond donors (Lipinski definition) is 0. The predicted molar refractivity (Wildman–Crippen MR) is 63.5 cm³/mol. The third-order valence-corrected chi connectivity index (χ3v) is 8.96. The largest absolute Gasteiger partial charge is 0.136 e. The maximum atomic E-state index is 2.54. The molecule has 14 heavy (non-hydrogen) atoms. The first kappa shape index (κ1) is 8.48. The lowest BCUT2D eigenvalue weighted by Gasteiger charge is -2.41. The van der Waals surface area contributed by atoms with E-state index >= 15 is 0 Å². The molecule has 0 aromatic carbocycles. The van der Waals surface area contributed by atoms with Gasteiger partial charge in [-0.25, -0.2) is 0 Å². The third-order valence-electron chi connectivity index (χ3n) is 4.00. The fourth-order valence-corrected chi connectivity index (χ4v) is 7.49. The van der Waals surface area contributed by atoms with Crippen molar-refractivity contribution < 1.29 is 0 Å². The average molecular weight is 200 g/mol. The van der Waals surface area contributed by atoms with Crippen molar-refractivity contribution in [3.05, 3.63) is 46.0 Å². The molecular weight excluding hydrogens is 184 g/mol. The maximum absolute atomic E-state index is 2.54. The van der Waals surface area contributed by atoms with Crippen LogP contribution in [0.15, 0.2) is 46.0 Å². The molecule has 0 N–H and O–H groups in total. The minimum Gasteiger partial charge on any atom is -0.0879 e. The van der Waals surface area contributed by atoms with Crippen LogP contribution in [0, 0.1) is 0 Å². The van der Waals surface area contributed by atoms with Gasteiger partial charge in [0.25, 0.3) is 0 Å². The molecule has 0 aliphatic carbocycles. The zero-order chi connectivity index (χ0) is 9.60. The molecule has 0 amide bonds. The Labute approximate surface area is 86.7 Å². The van der Waals surface area contributed by atoms with E-state index in [1.54, 1.807) is 15.6 Å². The molecule has 3 aliphatic heterocycles. The van der Waals surface area contributed by atoms with Gasteiger partial charge in [0.1, 0.15) is 8.07 Å². The van der Waals surface area contributed by atoms with E-state index in [1.165, 1.54) is 25.7 Å². The van der Waals surface area contributed by atoms with Crippen molar-refractivity contribution in [2.45, 2.75) is 32.2 Å². The Bertz CT molecular complexity index is 395. The number of allylic oxidation sites excluding steroid dienone is 8. The predicted octanol–water partition coefficient (Wildman–Crippen LogP) is 3.62. The standard InChI is InChI=1S/C13H16Si/c1-14-11-5-2-6-12(14)8-4-10-13(14)9-3-7-11/h2,5,7-9H,3-4,6,10H2,1H3. The van der Waals surface area contributed by atoms with Gasteiger partial charge < -0.3 is 0 Å². The molecule has 0 fully saturated rings. The second-order valence-corrected chi connectivity index (χ2v) is 8.74. The van der Waals surface area contributed by atoms with Crippen LogP contribution < -0.4 is 0 Å². The highest BCUT2D eigenvalue weighted by atomic mass is 28.3. The summed E-state index contributed by atoms with van der Waals surface area (Å²) in [6.45, 7) is 2.54. The Morgan fingerprint density at radius 1 is 1.14 bits per heavy atom. The molecule has 1 atom stereocenters. The molecule has 72 valence electrons. The molecule has 3 aliphatic rings. The minimum atomic E-state index is -1.30. The first-order valence-electron chi connectivity index (χ1n) is 5.58. The second-order valence-electron chi connectivity index (χ2n) is 4.62. The zero-order valence-electron chi connectivity index (χ0n) is 8.72. The lowest BCUT2D eigenvalue weighted by Crippen LogP contribution is -2.43. The van der Waals surface area contributed by atoms with Crippen LogP contribution in [0.3, 0.4) is 0 Å². The summed E-state index contributed by atoms with van der Waals surface area (Å²) in [5.41, 5.74) is 0. The quantitative estimate of drug-likeness (QED) is 0.524. The van der Waals surface area contributed by atoms with Crippen LogP contribution in [-0.2, 0) is 0 Å². The monoisotopic (exact) mass is 200 g/mol. The smallest absolute Gasteiger partial charge is 0.0879 e.